The van der Waals surface area contributed by atoms with Crippen LogP contribution < -0.4 is 5.32 Å². The van der Waals surface area contributed by atoms with Crippen LogP contribution >= 0.6 is 0 Å². The minimum absolute atomic E-state index is 0.161. The first-order valence-electron chi connectivity index (χ1n) is 10.1. The standard InChI is InChI=1S/C22H21N5O3/c1-13-24-18(29-26-13)8-5-11-23-21(28)16-12-17(14-9-10-14)25-22-19(16)20(27-30-22)15-6-3-2-4-7-15/h2-4,6-7,12,14H,5,8-11H2,1H3,(H,23,28). The van der Waals surface area contributed by atoms with Crippen LogP contribution in [0.25, 0.3) is 22.4 Å². The van der Waals surface area contributed by atoms with Crippen LogP contribution in [0.5, 0.6) is 0 Å². The highest BCUT2D eigenvalue weighted by Crippen LogP contribution is 2.41. The van der Waals surface area contributed by atoms with Gasteiger partial charge in [0.2, 0.25) is 5.89 Å². The molecule has 1 aliphatic rings. The van der Waals surface area contributed by atoms with E-state index in [9.17, 15) is 4.79 Å². The lowest BCUT2D eigenvalue weighted by molar-refractivity contribution is 0.0954. The second kappa shape index (κ2) is 7.70. The number of carbonyl (C=O) groups excluding carboxylic acids is 1. The number of hydrogen-bond donors (Lipinski definition) is 1. The molecular formula is C22H21N5O3. The number of fused-ring (bicyclic) bond motifs is 1. The Hall–Kier alpha value is -3.55. The number of nitrogens with zero attached hydrogens (tertiary/aromatic N) is 4. The van der Waals surface area contributed by atoms with E-state index in [0.717, 1.165) is 24.1 Å². The predicted octanol–water partition coefficient (Wildman–Crippen LogP) is 3.82. The van der Waals surface area contributed by atoms with E-state index in [0.29, 0.717) is 59.4 Å². The van der Waals surface area contributed by atoms with Gasteiger partial charge < -0.3 is 14.4 Å². The van der Waals surface area contributed by atoms with Crippen molar-refractivity contribution < 1.29 is 13.8 Å². The van der Waals surface area contributed by atoms with Gasteiger partial charge in [0, 0.05) is 30.1 Å². The number of aryl methyl sites for hydroxylation is 2. The van der Waals surface area contributed by atoms with E-state index in [-0.39, 0.29) is 5.91 Å². The molecule has 1 aliphatic carbocycles. The fourth-order valence-electron chi connectivity index (χ4n) is 3.51. The van der Waals surface area contributed by atoms with Crippen molar-refractivity contribution >= 4 is 17.0 Å². The average Bonchev–Trinajstić information content (AvgIpc) is 3.40. The molecule has 152 valence electrons. The smallest absolute Gasteiger partial charge is 0.259 e. The minimum atomic E-state index is -0.161. The molecule has 1 N–H and O–H groups in total. The van der Waals surface area contributed by atoms with E-state index in [2.05, 4.69) is 25.6 Å². The number of amides is 1. The maximum absolute atomic E-state index is 13.1. The van der Waals surface area contributed by atoms with Gasteiger partial charge in [0.1, 0.15) is 5.69 Å². The molecule has 0 saturated heterocycles. The Labute approximate surface area is 172 Å². The number of aromatic nitrogens is 4. The summed E-state index contributed by atoms with van der Waals surface area (Å²) >= 11 is 0. The molecule has 3 aromatic heterocycles. The van der Waals surface area contributed by atoms with Gasteiger partial charge in [-0.3, -0.25) is 4.79 Å². The highest BCUT2D eigenvalue weighted by Gasteiger charge is 2.29. The molecule has 5 rings (SSSR count). The van der Waals surface area contributed by atoms with Crippen LogP contribution in [-0.2, 0) is 6.42 Å². The van der Waals surface area contributed by atoms with Gasteiger partial charge in [-0.2, -0.15) is 4.98 Å². The summed E-state index contributed by atoms with van der Waals surface area (Å²) in [4.78, 5) is 21.9. The second-order valence-electron chi connectivity index (χ2n) is 7.54. The van der Waals surface area contributed by atoms with Crippen LogP contribution in [0.15, 0.2) is 45.4 Å². The minimum Gasteiger partial charge on any atom is -0.352 e. The lowest BCUT2D eigenvalue weighted by Crippen LogP contribution is -2.25. The van der Waals surface area contributed by atoms with Gasteiger partial charge in [-0.25, -0.2) is 4.98 Å². The van der Waals surface area contributed by atoms with Crippen LogP contribution in [0.4, 0.5) is 0 Å². The first-order chi connectivity index (χ1) is 14.7. The summed E-state index contributed by atoms with van der Waals surface area (Å²) < 4.78 is 10.6. The molecule has 0 unspecified atom stereocenters. The summed E-state index contributed by atoms with van der Waals surface area (Å²) in [6.07, 6.45) is 3.49. The zero-order valence-corrected chi connectivity index (χ0v) is 16.6. The summed E-state index contributed by atoms with van der Waals surface area (Å²) in [5.74, 6) is 1.43. The summed E-state index contributed by atoms with van der Waals surface area (Å²) in [6.45, 7) is 2.28. The molecule has 4 aromatic rings. The van der Waals surface area contributed by atoms with Crippen molar-refractivity contribution in [2.75, 3.05) is 6.54 Å². The molecule has 3 heterocycles. The molecule has 1 aromatic carbocycles. The van der Waals surface area contributed by atoms with Gasteiger partial charge in [-0.1, -0.05) is 40.6 Å². The fraction of sp³-hybridized carbons (Fsp3) is 0.318. The summed E-state index contributed by atoms with van der Waals surface area (Å²) in [7, 11) is 0. The monoisotopic (exact) mass is 403 g/mol. The Morgan fingerprint density at radius 2 is 1.97 bits per heavy atom. The number of hydrogen-bond acceptors (Lipinski definition) is 7. The average molecular weight is 403 g/mol. The molecular weight excluding hydrogens is 382 g/mol. The SMILES string of the molecule is Cc1noc(CCCNC(=O)c2cc(C3CC3)nc3onc(-c4ccccc4)c23)n1. The van der Waals surface area contributed by atoms with E-state index in [1.807, 2.05) is 36.4 Å². The third-order valence-electron chi connectivity index (χ3n) is 5.18. The van der Waals surface area contributed by atoms with Crippen LogP contribution in [0.2, 0.25) is 0 Å². The quantitative estimate of drug-likeness (QED) is 0.467. The van der Waals surface area contributed by atoms with Crippen molar-refractivity contribution in [2.24, 2.45) is 0 Å². The Balaban J connectivity index is 1.41. The summed E-state index contributed by atoms with van der Waals surface area (Å²) in [5, 5.41) is 11.6. The first kappa shape index (κ1) is 18.5. The van der Waals surface area contributed by atoms with Gasteiger partial charge in [-0.15, -0.1) is 0 Å². The molecule has 0 aliphatic heterocycles. The fourth-order valence-corrected chi connectivity index (χ4v) is 3.51. The van der Waals surface area contributed by atoms with E-state index >= 15 is 0 Å². The van der Waals surface area contributed by atoms with E-state index in [1.165, 1.54) is 0 Å². The predicted molar refractivity (Wildman–Crippen MR) is 109 cm³/mol. The van der Waals surface area contributed by atoms with Crippen molar-refractivity contribution in [3.05, 3.63) is 59.4 Å². The molecule has 0 bridgehead atoms. The number of nitrogens with one attached hydrogen (secondary N) is 1. The number of carbonyl (C=O) groups is 1. The van der Waals surface area contributed by atoms with E-state index < -0.39 is 0 Å². The molecule has 1 fully saturated rings. The molecule has 0 radical (unpaired) electrons. The third kappa shape index (κ3) is 3.68. The van der Waals surface area contributed by atoms with Crippen molar-refractivity contribution in [3.8, 4) is 11.3 Å². The zero-order chi connectivity index (χ0) is 20.5. The Morgan fingerprint density at radius 1 is 1.13 bits per heavy atom. The van der Waals surface area contributed by atoms with Crippen molar-refractivity contribution in [1.29, 1.82) is 0 Å². The Bertz CT molecular complexity index is 1190. The van der Waals surface area contributed by atoms with Crippen LogP contribution in [-0.4, -0.2) is 32.7 Å². The summed E-state index contributed by atoms with van der Waals surface area (Å²) in [5.41, 5.74) is 3.37. The van der Waals surface area contributed by atoms with Gasteiger partial charge in [0.15, 0.2) is 5.82 Å². The molecule has 8 nitrogen and oxygen atoms in total. The number of rotatable bonds is 7. The Kier molecular flexibility index (Phi) is 4.74. The zero-order valence-electron chi connectivity index (χ0n) is 16.6. The van der Waals surface area contributed by atoms with Crippen molar-refractivity contribution in [1.82, 2.24) is 25.6 Å². The molecule has 0 spiro atoms. The van der Waals surface area contributed by atoms with Crippen molar-refractivity contribution in [3.63, 3.8) is 0 Å². The highest BCUT2D eigenvalue weighted by atomic mass is 16.5. The largest absolute Gasteiger partial charge is 0.352 e. The highest BCUT2D eigenvalue weighted by molar-refractivity contribution is 6.09. The van der Waals surface area contributed by atoms with Crippen LogP contribution in [0.1, 0.15) is 52.9 Å². The second-order valence-corrected chi connectivity index (χ2v) is 7.54. The van der Waals surface area contributed by atoms with E-state index in [1.54, 1.807) is 6.92 Å². The molecule has 8 heteroatoms. The third-order valence-corrected chi connectivity index (χ3v) is 5.18. The van der Waals surface area contributed by atoms with Crippen molar-refractivity contribution in [2.45, 2.75) is 38.5 Å². The first-order valence-corrected chi connectivity index (χ1v) is 10.1. The number of benzene rings is 1. The van der Waals surface area contributed by atoms with Gasteiger partial charge in [0.05, 0.1) is 10.9 Å². The maximum Gasteiger partial charge on any atom is 0.259 e. The lowest BCUT2D eigenvalue weighted by Gasteiger charge is -2.08. The maximum atomic E-state index is 13.1. The Morgan fingerprint density at radius 3 is 2.70 bits per heavy atom. The normalized spacial score (nSPS) is 13.6. The van der Waals surface area contributed by atoms with E-state index in [4.69, 9.17) is 9.05 Å². The molecule has 1 amide bonds. The molecule has 0 atom stereocenters. The van der Waals surface area contributed by atoms with Gasteiger partial charge in [0.25, 0.3) is 11.6 Å². The van der Waals surface area contributed by atoms with Gasteiger partial charge >= 0.3 is 0 Å². The lowest BCUT2D eigenvalue weighted by atomic mass is 10.0. The van der Waals surface area contributed by atoms with Gasteiger partial charge in [-0.05, 0) is 32.3 Å². The topological polar surface area (TPSA) is 107 Å². The summed E-state index contributed by atoms with van der Waals surface area (Å²) in [6, 6.07) is 11.6. The molecule has 30 heavy (non-hydrogen) atoms. The van der Waals surface area contributed by atoms with Crippen LogP contribution in [0.3, 0.4) is 0 Å². The molecule has 1 saturated carbocycles. The number of pyridine rings is 1. The van der Waals surface area contributed by atoms with Crippen LogP contribution in [0, 0.1) is 6.92 Å².